The first-order valence-corrected chi connectivity index (χ1v) is 8.16. The molecular formula is C19H18N2O4. The maximum absolute atomic E-state index is 12.6. The number of rotatable bonds is 4. The van der Waals surface area contributed by atoms with Gasteiger partial charge in [-0.2, -0.15) is 0 Å². The van der Waals surface area contributed by atoms with Gasteiger partial charge in [0, 0.05) is 17.4 Å². The third kappa shape index (κ3) is 2.91. The Bertz CT molecular complexity index is 841. The van der Waals surface area contributed by atoms with Crippen LogP contribution in [-0.2, 0) is 9.59 Å². The molecule has 0 atom stereocenters. The average Bonchev–Trinajstić information content (AvgIpc) is 3.29. The highest BCUT2D eigenvalue weighted by Crippen LogP contribution is 2.47. The van der Waals surface area contributed by atoms with Gasteiger partial charge < -0.3 is 20.1 Å². The van der Waals surface area contributed by atoms with Crippen molar-refractivity contribution in [3.8, 4) is 11.5 Å². The molecule has 0 radical (unpaired) electrons. The van der Waals surface area contributed by atoms with E-state index in [0.29, 0.717) is 35.7 Å². The fraction of sp³-hybridized carbons (Fsp3) is 0.263. The maximum Gasteiger partial charge on any atom is 0.240 e. The van der Waals surface area contributed by atoms with E-state index in [0.717, 1.165) is 5.56 Å². The highest BCUT2D eigenvalue weighted by Gasteiger charge is 2.56. The second-order valence-corrected chi connectivity index (χ2v) is 6.42. The second kappa shape index (κ2) is 5.81. The first kappa shape index (κ1) is 15.5. The molecular weight excluding hydrogens is 320 g/mol. The van der Waals surface area contributed by atoms with Gasteiger partial charge in [-0.05, 0) is 44.0 Å². The second-order valence-electron chi connectivity index (χ2n) is 6.42. The Morgan fingerprint density at radius 1 is 0.880 bits per heavy atom. The molecule has 2 aromatic carbocycles. The molecule has 1 aliphatic heterocycles. The highest BCUT2D eigenvalue weighted by atomic mass is 16.7. The largest absolute Gasteiger partial charge is 0.454 e. The summed E-state index contributed by atoms with van der Waals surface area (Å²) < 4.78 is 10.6. The molecule has 1 saturated carbocycles. The fourth-order valence-corrected chi connectivity index (χ4v) is 2.79. The fourth-order valence-electron chi connectivity index (χ4n) is 2.79. The topological polar surface area (TPSA) is 76.7 Å². The molecule has 6 nitrogen and oxygen atoms in total. The maximum atomic E-state index is 12.6. The lowest BCUT2D eigenvalue weighted by molar-refractivity contribution is -0.131. The van der Waals surface area contributed by atoms with Crippen molar-refractivity contribution in [2.45, 2.75) is 19.8 Å². The van der Waals surface area contributed by atoms with E-state index in [9.17, 15) is 9.59 Å². The van der Waals surface area contributed by atoms with Crippen LogP contribution in [0.2, 0.25) is 0 Å². The van der Waals surface area contributed by atoms with Gasteiger partial charge in [-0.15, -0.1) is 0 Å². The summed E-state index contributed by atoms with van der Waals surface area (Å²) in [7, 11) is 0. The molecule has 6 heteroatoms. The highest BCUT2D eigenvalue weighted by molar-refractivity contribution is 6.16. The smallest absolute Gasteiger partial charge is 0.240 e. The molecule has 25 heavy (non-hydrogen) atoms. The van der Waals surface area contributed by atoms with E-state index in [4.69, 9.17) is 9.47 Å². The van der Waals surface area contributed by atoms with Crippen molar-refractivity contribution in [1.29, 1.82) is 0 Å². The van der Waals surface area contributed by atoms with Crippen LogP contribution in [0.5, 0.6) is 11.5 Å². The summed E-state index contributed by atoms with van der Waals surface area (Å²) >= 11 is 0. The van der Waals surface area contributed by atoms with Crippen LogP contribution < -0.4 is 20.1 Å². The molecule has 0 aromatic heterocycles. The predicted octanol–water partition coefficient (Wildman–Crippen LogP) is 3.08. The number of aryl methyl sites for hydroxylation is 1. The van der Waals surface area contributed by atoms with Gasteiger partial charge in [-0.1, -0.05) is 17.7 Å². The van der Waals surface area contributed by atoms with Crippen LogP contribution in [0.3, 0.4) is 0 Å². The van der Waals surface area contributed by atoms with E-state index in [1.807, 2.05) is 31.2 Å². The third-order valence-electron chi connectivity index (χ3n) is 4.56. The van der Waals surface area contributed by atoms with Crippen LogP contribution in [0, 0.1) is 12.3 Å². The molecule has 0 unspecified atom stereocenters. The van der Waals surface area contributed by atoms with Crippen molar-refractivity contribution in [3.05, 3.63) is 48.0 Å². The predicted molar refractivity (Wildman–Crippen MR) is 92.7 cm³/mol. The van der Waals surface area contributed by atoms with E-state index in [-0.39, 0.29) is 18.6 Å². The van der Waals surface area contributed by atoms with E-state index in [1.54, 1.807) is 18.2 Å². The number of carbonyl (C=O) groups is 2. The van der Waals surface area contributed by atoms with Crippen LogP contribution in [-0.4, -0.2) is 18.6 Å². The molecule has 1 fully saturated rings. The summed E-state index contributed by atoms with van der Waals surface area (Å²) in [6, 6.07) is 12.7. The Labute approximate surface area is 145 Å². The molecule has 0 saturated heterocycles. The van der Waals surface area contributed by atoms with Gasteiger partial charge in [-0.25, -0.2) is 0 Å². The van der Waals surface area contributed by atoms with Crippen molar-refractivity contribution < 1.29 is 19.1 Å². The summed E-state index contributed by atoms with van der Waals surface area (Å²) in [5.74, 6) is 0.675. The molecule has 2 N–H and O–H groups in total. The number of ether oxygens (including phenoxy) is 2. The van der Waals surface area contributed by atoms with E-state index in [1.165, 1.54) is 0 Å². The summed E-state index contributed by atoms with van der Waals surface area (Å²) in [6.07, 6.45) is 1.09. The quantitative estimate of drug-likeness (QED) is 0.840. The monoisotopic (exact) mass is 338 g/mol. The lowest BCUT2D eigenvalue weighted by Crippen LogP contribution is -2.35. The molecule has 2 amide bonds. The number of anilines is 2. The number of fused-ring (bicyclic) bond motifs is 1. The third-order valence-corrected chi connectivity index (χ3v) is 4.56. The SMILES string of the molecule is Cc1ccc(NC(=O)C2(C(=O)Nc3ccc4c(c3)OCO4)CC2)cc1. The van der Waals surface area contributed by atoms with Crippen LogP contribution in [0.25, 0.3) is 0 Å². The first-order valence-electron chi connectivity index (χ1n) is 8.16. The number of nitrogens with one attached hydrogen (secondary N) is 2. The van der Waals surface area contributed by atoms with Crippen LogP contribution in [0.15, 0.2) is 42.5 Å². The summed E-state index contributed by atoms with van der Waals surface area (Å²) in [5, 5.41) is 5.65. The first-order chi connectivity index (χ1) is 12.1. The van der Waals surface area contributed by atoms with Gasteiger partial charge in [-0.3, -0.25) is 9.59 Å². The van der Waals surface area contributed by atoms with Gasteiger partial charge >= 0.3 is 0 Å². The Balaban J connectivity index is 1.45. The number of benzene rings is 2. The molecule has 4 rings (SSSR count). The van der Waals surface area contributed by atoms with Crippen molar-refractivity contribution in [1.82, 2.24) is 0 Å². The normalized spacial score (nSPS) is 16.2. The van der Waals surface area contributed by atoms with Crippen LogP contribution in [0.4, 0.5) is 11.4 Å². The number of amides is 2. The number of hydrogen-bond acceptors (Lipinski definition) is 4. The molecule has 0 spiro atoms. The van der Waals surface area contributed by atoms with Gasteiger partial charge in [0.2, 0.25) is 18.6 Å². The van der Waals surface area contributed by atoms with Gasteiger partial charge in [0.1, 0.15) is 5.41 Å². The lowest BCUT2D eigenvalue weighted by Gasteiger charge is -2.16. The Hall–Kier alpha value is -3.02. The van der Waals surface area contributed by atoms with Crippen molar-refractivity contribution in [2.24, 2.45) is 5.41 Å². The van der Waals surface area contributed by atoms with Crippen LogP contribution >= 0.6 is 0 Å². The molecule has 2 aromatic rings. The van der Waals surface area contributed by atoms with Gasteiger partial charge in [0.05, 0.1) is 0 Å². The summed E-state index contributed by atoms with van der Waals surface area (Å²) in [4.78, 5) is 25.2. The minimum absolute atomic E-state index is 0.176. The van der Waals surface area contributed by atoms with E-state index in [2.05, 4.69) is 10.6 Å². The Kier molecular flexibility index (Phi) is 3.60. The summed E-state index contributed by atoms with van der Waals surface area (Å²) in [6.45, 7) is 2.16. The molecule has 0 bridgehead atoms. The van der Waals surface area contributed by atoms with E-state index < -0.39 is 5.41 Å². The van der Waals surface area contributed by atoms with Crippen molar-refractivity contribution in [3.63, 3.8) is 0 Å². The average molecular weight is 338 g/mol. The molecule has 2 aliphatic rings. The van der Waals surface area contributed by atoms with Gasteiger partial charge in [0.15, 0.2) is 11.5 Å². The standard InChI is InChI=1S/C19H18N2O4/c1-12-2-4-13(5-3-12)20-17(22)19(8-9-19)18(23)21-14-6-7-15-16(10-14)25-11-24-15/h2-7,10H,8-9,11H2,1H3,(H,20,22)(H,21,23). The molecule has 128 valence electrons. The molecule has 1 aliphatic carbocycles. The van der Waals surface area contributed by atoms with E-state index >= 15 is 0 Å². The zero-order valence-electron chi connectivity index (χ0n) is 13.8. The Morgan fingerprint density at radius 2 is 1.48 bits per heavy atom. The minimum atomic E-state index is -0.999. The molecule has 1 heterocycles. The minimum Gasteiger partial charge on any atom is -0.454 e. The number of hydrogen-bond donors (Lipinski definition) is 2. The number of carbonyl (C=O) groups excluding carboxylic acids is 2. The zero-order valence-corrected chi connectivity index (χ0v) is 13.8. The van der Waals surface area contributed by atoms with Crippen molar-refractivity contribution in [2.75, 3.05) is 17.4 Å². The summed E-state index contributed by atoms with van der Waals surface area (Å²) in [5.41, 5.74) is 1.39. The lowest BCUT2D eigenvalue weighted by atomic mass is 10.0. The van der Waals surface area contributed by atoms with Crippen molar-refractivity contribution >= 4 is 23.2 Å². The zero-order chi connectivity index (χ0) is 17.4. The Morgan fingerprint density at radius 3 is 2.16 bits per heavy atom. The van der Waals surface area contributed by atoms with Crippen LogP contribution in [0.1, 0.15) is 18.4 Å². The van der Waals surface area contributed by atoms with Gasteiger partial charge in [0.25, 0.3) is 0 Å².